The van der Waals surface area contributed by atoms with Gasteiger partial charge in [0.25, 0.3) is 0 Å². The number of hydrogen-bond donors (Lipinski definition) is 1. The van der Waals surface area contributed by atoms with Gasteiger partial charge in [0.15, 0.2) is 15.4 Å². The van der Waals surface area contributed by atoms with E-state index in [-0.39, 0.29) is 15.6 Å². The van der Waals surface area contributed by atoms with Crippen molar-refractivity contribution in [1.82, 2.24) is 0 Å². The van der Waals surface area contributed by atoms with Gasteiger partial charge in [0.05, 0.1) is 15.8 Å². The summed E-state index contributed by atoms with van der Waals surface area (Å²) in [6.07, 6.45) is -3.21. The average Bonchev–Trinajstić information content (AvgIpc) is 2.27. The van der Waals surface area contributed by atoms with E-state index in [0.29, 0.717) is 12.3 Å². The van der Waals surface area contributed by atoms with Crippen molar-refractivity contribution in [3.63, 3.8) is 0 Å². The predicted molar refractivity (Wildman–Crippen MR) is 76.2 cm³/mol. The Morgan fingerprint density at radius 2 is 1.81 bits per heavy atom. The van der Waals surface area contributed by atoms with Gasteiger partial charge in [0.2, 0.25) is 0 Å². The Bertz CT molecular complexity index is 656. The minimum Gasteiger partial charge on any atom is -0.376 e. The molecule has 0 aliphatic heterocycles. The molecule has 0 saturated heterocycles. The SMILES string of the molecule is CS(=O)(=O)CC(O)(/C=C/c1ccc(Cl)c(Cl)c1)C(F)(F)F. The van der Waals surface area contributed by atoms with Crippen molar-refractivity contribution in [2.75, 3.05) is 12.0 Å². The van der Waals surface area contributed by atoms with Crippen LogP contribution in [0, 0.1) is 0 Å². The van der Waals surface area contributed by atoms with Crippen LogP contribution in [0.3, 0.4) is 0 Å². The van der Waals surface area contributed by atoms with Gasteiger partial charge in [0, 0.05) is 6.26 Å². The van der Waals surface area contributed by atoms with Gasteiger partial charge in [-0.2, -0.15) is 13.2 Å². The maximum Gasteiger partial charge on any atom is 0.421 e. The number of benzene rings is 1. The lowest BCUT2D eigenvalue weighted by atomic mass is 10.0. The first-order valence-electron chi connectivity index (χ1n) is 5.45. The van der Waals surface area contributed by atoms with Crippen molar-refractivity contribution in [2.24, 2.45) is 0 Å². The van der Waals surface area contributed by atoms with Crippen LogP contribution in [0.5, 0.6) is 0 Å². The van der Waals surface area contributed by atoms with E-state index >= 15 is 0 Å². The topological polar surface area (TPSA) is 54.4 Å². The van der Waals surface area contributed by atoms with Crippen LogP contribution >= 0.6 is 23.2 Å². The molecule has 0 saturated carbocycles. The summed E-state index contributed by atoms with van der Waals surface area (Å²) in [5, 5.41) is 9.96. The number of halogens is 5. The summed E-state index contributed by atoms with van der Waals surface area (Å²) in [7, 11) is -4.05. The standard InChI is InChI=1S/C12H11Cl2F3O3S/c1-21(19,20)7-11(18,12(15,16)17)5-4-8-2-3-9(13)10(14)6-8/h2-6,18H,7H2,1H3/b5-4+. The summed E-state index contributed by atoms with van der Waals surface area (Å²) in [6, 6.07) is 4.03. The Labute approximate surface area is 129 Å². The van der Waals surface area contributed by atoms with E-state index in [2.05, 4.69) is 0 Å². The quantitative estimate of drug-likeness (QED) is 0.893. The third-order valence-corrected chi connectivity index (χ3v) is 4.17. The molecule has 1 N–H and O–H groups in total. The van der Waals surface area contributed by atoms with E-state index in [0.717, 1.165) is 6.08 Å². The first-order valence-corrected chi connectivity index (χ1v) is 8.27. The summed E-state index contributed by atoms with van der Waals surface area (Å²) in [5.41, 5.74) is -3.24. The molecule has 0 aromatic heterocycles. The van der Waals surface area contributed by atoms with Crippen LogP contribution in [-0.2, 0) is 9.84 Å². The predicted octanol–water partition coefficient (Wildman–Crippen LogP) is 3.34. The van der Waals surface area contributed by atoms with Gasteiger partial charge < -0.3 is 5.11 Å². The Kier molecular flexibility index (Phi) is 5.36. The molecule has 0 heterocycles. The van der Waals surface area contributed by atoms with E-state index in [1.165, 1.54) is 18.2 Å². The summed E-state index contributed by atoms with van der Waals surface area (Å²) in [6.45, 7) is 0. The molecular weight excluding hydrogens is 352 g/mol. The van der Waals surface area contributed by atoms with E-state index in [4.69, 9.17) is 23.2 Å². The van der Waals surface area contributed by atoms with Crippen LogP contribution in [0.2, 0.25) is 10.0 Å². The van der Waals surface area contributed by atoms with Gasteiger partial charge in [0.1, 0.15) is 0 Å². The number of rotatable bonds is 4. The van der Waals surface area contributed by atoms with Crippen molar-refractivity contribution in [1.29, 1.82) is 0 Å². The zero-order chi connectivity index (χ0) is 16.5. The summed E-state index contributed by atoms with van der Waals surface area (Å²) >= 11 is 11.4. The van der Waals surface area contributed by atoms with Crippen molar-refractivity contribution in [3.05, 3.63) is 39.9 Å². The first-order chi connectivity index (χ1) is 9.34. The van der Waals surface area contributed by atoms with Crippen LogP contribution in [-0.4, -0.2) is 37.3 Å². The fraction of sp³-hybridized carbons (Fsp3) is 0.333. The minimum atomic E-state index is -5.14. The highest BCUT2D eigenvalue weighted by molar-refractivity contribution is 7.90. The van der Waals surface area contributed by atoms with E-state index in [1.54, 1.807) is 0 Å². The molecule has 21 heavy (non-hydrogen) atoms. The maximum absolute atomic E-state index is 12.9. The Balaban J connectivity index is 3.17. The second-order valence-corrected chi connectivity index (χ2v) is 7.45. The van der Waals surface area contributed by atoms with Crippen molar-refractivity contribution in [3.8, 4) is 0 Å². The second kappa shape index (κ2) is 6.16. The Morgan fingerprint density at radius 1 is 1.24 bits per heavy atom. The molecule has 0 bridgehead atoms. The van der Waals surface area contributed by atoms with Crippen LogP contribution in [0.15, 0.2) is 24.3 Å². The number of aliphatic hydroxyl groups is 1. The molecule has 1 rings (SSSR count). The third kappa shape index (κ3) is 5.18. The molecule has 118 valence electrons. The smallest absolute Gasteiger partial charge is 0.376 e. The minimum absolute atomic E-state index is 0.123. The highest BCUT2D eigenvalue weighted by Crippen LogP contribution is 2.33. The zero-order valence-corrected chi connectivity index (χ0v) is 13.0. The van der Waals surface area contributed by atoms with Gasteiger partial charge >= 0.3 is 6.18 Å². The van der Waals surface area contributed by atoms with E-state index in [1.807, 2.05) is 0 Å². The number of sulfone groups is 1. The molecule has 9 heteroatoms. The zero-order valence-electron chi connectivity index (χ0n) is 10.7. The molecule has 0 aliphatic rings. The highest BCUT2D eigenvalue weighted by atomic mass is 35.5. The second-order valence-electron chi connectivity index (χ2n) is 4.50. The highest BCUT2D eigenvalue weighted by Gasteiger charge is 2.53. The maximum atomic E-state index is 12.9. The monoisotopic (exact) mass is 362 g/mol. The van der Waals surface area contributed by atoms with E-state index < -0.39 is 27.4 Å². The van der Waals surface area contributed by atoms with E-state index in [9.17, 15) is 26.7 Å². The molecule has 0 aliphatic carbocycles. The van der Waals surface area contributed by atoms with Gasteiger partial charge in [-0.05, 0) is 23.8 Å². The van der Waals surface area contributed by atoms with Crippen LogP contribution < -0.4 is 0 Å². The molecule has 1 unspecified atom stereocenters. The Hall–Kier alpha value is -0.760. The van der Waals surface area contributed by atoms with Gasteiger partial charge in [-0.3, -0.25) is 0 Å². The van der Waals surface area contributed by atoms with Crippen molar-refractivity contribution >= 4 is 39.1 Å². The number of alkyl halides is 3. The summed E-state index contributed by atoms with van der Waals surface area (Å²) in [4.78, 5) is 0. The van der Waals surface area contributed by atoms with Crippen molar-refractivity contribution < 1.29 is 26.7 Å². The van der Waals surface area contributed by atoms with Crippen LogP contribution in [0.25, 0.3) is 6.08 Å². The molecule has 0 amide bonds. The lowest BCUT2D eigenvalue weighted by molar-refractivity contribution is -0.230. The molecule has 0 radical (unpaired) electrons. The fourth-order valence-corrected chi connectivity index (χ4v) is 2.84. The largest absolute Gasteiger partial charge is 0.421 e. The van der Waals surface area contributed by atoms with Gasteiger partial charge in [-0.1, -0.05) is 35.3 Å². The lowest BCUT2D eigenvalue weighted by Gasteiger charge is -2.26. The summed E-state index contributed by atoms with van der Waals surface area (Å²) < 4.78 is 60.7. The third-order valence-electron chi connectivity index (χ3n) is 2.47. The first kappa shape index (κ1) is 18.3. The lowest BCUT2D eigenvalue weighted by Crippen LogP contribution is -2.48. The molecule has 0 fully saturated rings. The molecule has 3 nitrogen and oxygen atoms in total. The van der Waals surface area contributed by atoms with Gasteiger partial charge in [-0.25, -0.2) is 8.42 Å². The molecule has 1 atom stereocenters. The normalized spacial score (nSPS) is 16.1. The summed E-state index contributed by atoms with van der Waals surface area (Å²) in [5.74, 6) is -1.47. The van der Waals surface area contributed by atoms with Crippen LogP contribution in [0.4, 0.5) is 13.2 Å². The molecule has 1 aromatic rings. The number of hydrogen-bond acceptors (Lipinski definition) is 3. The molecule has 1 aromatic carbocycles. The van der Waals surface area contributed by atoms with Crippen molar-refractivity contribution in [2.45, 2.75) is 11.8 Å². The average molecular weight is 363 g/mol. The van der Waals surface area contributed by atoms with Gasteiger partial charge in [-0.15, -0.1) is 0 Å². The Morgan fingerprint density at radius 3 is 2.24 bits per heavy atom. The van der Waals surface area contributed by atoms with Crippen LogP contribution in [0.1, 0.15) is 5.56 Å². The molecule has 0 spiro atoms. The molecular formula is C12H11Cl2F3O3S. The fourth-order valence-electron chi connectivity index (χ4n) is 1.47.